The summed E-state index contributed by atoms with van der Waals surface area (Å²) in [5, 5.41) is 7.12. The van der Waals surface area contributed by atoms with Crippen LogP contribution in [0.2, 0.25) is 0 Å². The Balaban J connectivity index is 0.000000396. The Kier molecular flexibility index (Phi) is 6.96. The number of aliphatic carboxylic acids is 1. The van der Waals surface area contributed by atoms with E-state index in [1.165, 1.54) is 0 Å². The van der Waals surface area contributed by atoms with Gasteiger partial charge in [0.1, 0.15) is 0 Å². The van der Waals surface area contributed by atoms with Gasteiger partial charge in [-0.3, -0.25) is 9.69 Å². The Morgan fingerprint density at radius 1 is 1.13 bits per heavy atom. The Morgan fingerprint density at radius 3 is 2.20 bits per heavy atom. The molecule has 1 atom stereocenters. The first-order chi connectivity index (χ1) is 13.9. The Labute approximate surface area is 172 Å². The highest BCUT2D eigenvalue weighted by atomic mass is 19.4. The van der Waals surface area contributed by atoms with Crippen LogP contribution in [0.1, 0.15) is 6.42 Å². The third-order valence-corrected chi connectivity index (χ3v) is 5.23. The number of benzene rings is 1. The van der Waals surface area contributed by atoms with E-state index >= 15 is 0 Å². The fourth-order valence-corrected chi connectivity index (χ4v) is 3.55. The van der Waals surface area contributed by atoms with Crippen molar-refractivity contribution in [3.8, 4) is 0 Å². The molecule has 0 saturated carbocycles. The van der Waals surface area contributed by atoms with E-state index in [1.807, 2.05) is 47.2 Å². The fourth-order valence-electron chi connectivity index (χ4n) is 3.55. The van der Waals surface area contributed by atoms with Gasteiger partial charge in [0.05, 0.1) is 12.1 Å². The van der Waals surface area contributed by atoms with Crippen LogP contribution in [-0.2, 0) is 9.59 Å². The molecule has 0 aromatic heterocycles. The SMILES string of the molecule is CN(C)C(=O)N1CCC2(C1)CN(c1ccccc1)C(=O)CN2C.O=C(O)C(F)(F)F. The minimum Gasteiger partial charge on any atom is -0.475 e. The Bertz CT molecular complexity index is 788. The smallest absolute Gasteiger partial charge is 0.475 e. The maximum atomic E-state index is 12.5. The van der Waals surface area contributed by atoms with Crippen LogP contribution in [0.15, 0.2) is 30.3 Å². The molecule has 1 unspecified atom stereocenters. The van der Waals surface area contributed by atoms with Crippen LogP contribution in [0, 0.1) is 0 Å². The second kappa shape index (κ2) is 8.90. The topological polar surface area (TPSA) is 84.4 Å². The van der Waals surface area contributed by atoms with Crippen molar-refractivity contribution in [3.05, 3.63) is 30.3 Å². The lowest BCUT2D eigenvalue weighted by atomic mass is 9.92. The molecule has 1 N–H and O–H groups in total. The van der Waals surface area contributed by atoms with Crippen LogP contribution < -0.4 is 4.90 Å². The van der Waals surface area contributed by atoms with Gasteiger partial charge in [-0.1, -0.05) is 18.2 Å². The zero-order chi connectivity index (χ0) is 22.7. The normalized spacial score (nSPS) is 22.0. The van der Waals surface area contributed by atoms with E-state index in [2.05, 4.69) is 4.90 Å². The number of carboxylic acid groups (broad SMARTS) is 1. The number of carbonyl (C=O) groups excluding carboxylic acids is 2. The van der Waals surface area contributed by atoms with E-state index in [1.54, 1.807) is 19.0 Å². The lowest BCUT2D eigenvalue weighted by Crippen LogP contribution is -2.64. The molecule has 2 fully saturated rings. The van der Waals surface area contributed by atoms with Crippen molar-refractivity contribution >= 4 is 23.6 Å². The largest absolute Gasteiger partial charge is 0.490 e. The summed E-state index contributed by atoms with van der Waals surface area (Å²) < 4.78 is 31.7. The first-order valence-electron chi connectivity index (χ1n) is 9.20. The van der Waals surface area contributed by atoms with Crippen LogP contribution in [0.3, 0.4) is 0 Å². The number of piperazine rings is 1. The molecule has 2 heterocycles. The van der Waals surface area contributed by atoms with Crippen molar-refractivity contribution in [3.63, 3.8) is 0 Å². The maximum Gasteiger partial charge on any atom is 0.490 e. The number of carbonyl (C=O) groups is 3. The van der Waals surface area contributed by atoms with E-state index < -0.39 is 12.1 Å². The molecule has 1 spiro atoms. The first-order valence-corrected chi connectivity index (χ1v) is 9.20. The highest BCUT2D eigenvalue weighted by Gasteiger charge is 2.48. The van der Waals surface area contributed by atoms with Gasteiger partial charge in [0.25, 0.3) is 0 Å². The van der Waals surface area contributed by atoms with E-state index in [0.29, 0.717) is 19.6 Å². The summed E-state index contributed by atoms with van der Waals surface area (Å²) in [5.74, 6) is -2.64. The standard InChI is InChI=1S/C17H24N4O2.C2HF3O2/c1-18(2)16(23)20-10-9-17(12-20)13-21(15(22)11-19(17)3)14-7-5-4-6-8-14;3-2(4,5)1(6)7/h4-8H,9-13H2,1-3H3;(H,6,7). The van der Waals surface area contributed by atoms with Crippen LogP contribution in [-0.4, -0.2) is 96.8 Å². The predicted molar refractivity (Wildman–Crippen MR) is 103 cm³/mol. The molecule has 0 radical (unpaired) electrons. The van der Waals surface area contributed by atoms with Crippen molar-refractivity contribution in [2.45, 2.75) is 18.1 Å². The second-order valence-corrected chi connectivity index (χ2v) is 7.55. The van der Waals surface area contributed by atoms with Gasteiger partial charge in [-0.2, -0.15) is 13.2 Å². The van der Waals surface area contributed by atoms with Gasteiger partial charge in [0, 0.05) is 39.4 Å². The van der Waals surface area contributed by atoms with Crippen LogP contribution in [0.5, 0.6) is 0 Å². The van der Waals surface area contributed by atoms with Crippen molar-refractivity contribution in [1.29, 1.82) is 0 Å². The van der Waals surface area contributed by atoms with E-state index in [9.17, 15) is 22.8 Å². The van der Waals surface area contributed by atoms with Gasteiger partial charge in [0.2, 0.25) is 5.91 Å². The van der Waals surface area contributed by atoms with Crippen LogP contribution in [0.4, 0.5) is 23.7 Å². The molecule has 3 rings (SSSR count). The first kappa shape index (κ1) is 23.5. The molecular formula is C19H25F3N4O4. The summed E-state index contributed by atoms with van der Waals surface area (Å²) in [5.41, 5.74) is 0.775. The quantitative estimate of drug-likeness (QED) is 0.734. The third-order valence-electron chi connectivity index (χ3n) is 5.23. The van der Waals surface area contributed by atoms with E-state index in [0.717, 1.165) is 18.7 Å². The molecule has 2 aliphatic rings. The number of likely N-dealkylation sites (tertiary alicyclic amines) is 1. The fraction of sp³-hybridized carbons (Fsp3) is 0.526. The van der Waals surface area contributed by atoms with E-state index in [-0.39, 0.29) is 17.5 Å². The van der Waals surface area contributed by atoms with Crippen molar-refractivity contribution < 1.29 is 32.7 Å². The third kappa shape index (κ3) is 5.21. The number of urea groups is 1. The minimum absolute atomic E-state index is 0.0402. The summed E-state index contributed by atoms with van der Waals surface area (Å²) in [6, 6.07) is 9.82. The number of para-hydroxylation sites is 1. The van der Waals surface area contributed by atoms with Crippen molar-refractivity contribution in [1.82, 2.24) is 14.7 Å². The maximum absolute atomic E-state index is 12.5. The number of halogens is 3. The zero-order valence-corrected chi connectivity index (χ0v) is 17.0. The molecule has 0 bridgehead atoms. The molecule has 1 aromatic carbocycles. The van der Waals surface area contributed by atoms with Gasteiger partial charge in [-0.25, -0.2) is 9.59 Å². The predicted octanol–water partition coefficient (Wildman–Crippen LogP) is 1.72. The highest BCUT2D eigenvalue weighted by Crippen LogP contribution is 2.33. The number of hydrogen-bond acceptors (Lipinski definition) is 4. The van der Waals surface area contributed by atoms with Crippen LogP contribution in [0.25, 0.3) is 0 Å². The monoisotopic (exact) mass is 430 g/mol. The van der Waals surface area contributed by atoms with Crippen molar-refractivity contribution in [2.75, 3.05) is 52.2 Å². The zero-order valence-electron chi connectivity index (χ0n) is 17.0. The second-order valence-electron chi connectivity index (χ2n) is 7.55. The van der Waals surface area contributed by atoms with Gasteiger partial charge >= 0.3 is 18.2 Å². The molecule has 166 valence electrons. The number of alkyl halides is 3. The van der Waals surface area contributed by atoms with Crippen LogP contribution >= 0.6 is 0 Å². The number of carboxylic acids is 1. The number of amides is 3. The molecule has 2 saturated heterocycles. The summed E-state index contributed by atoms with van der Waals surface area (Å²) in [6.45, 7) is 2.41. The highest BCUT2D eigenvalue weighted by molar-refractivity contribution is 5.96. The minimum atomic E-state index is -5.08. The van der Waals surface area contributed by atoms with Gasteiger partial charge in [-0.15, -0.1) is 0 Å². The van der Waals surface area contributed by atoms with Gasteiger partial charge in [0.15, 0.2) is 0 Å². The molecule has 3 amide bonds. The average molecular weight is 430 g/mol. The summed E-state index contributed by atoms with van der Waals surface area (Å²) in [6.07, 6.45) is -4.19. The number of likely N-dealkylation sites (N-methyl/N-ethyl adjacent to an activating group) is 1. The molecule has 2 aliphatic heterocycles. The summed E-state index contributed by atoms with van der Waals surface area (Å²) in [4.78, 5) is 41.1. The molecule has 8 nitrogen and oxygen atoms in total. The summed E-state index contributed by atoms with van der Waals surface area (Å²) in [7, 11) is 5.54. The molecule has 30 heavy (non-hydrogen) atoms. The summed E-state index contributed by atoms with van der Waals surface area (Å²) >= 11 is 0. The number of rotatable bonds is 1. The Morgan fingerprint density at radius 2 is 1.70 bits per heavy atom. The van der Waals surface area contributed by atoms with Gasteiger partial charge in [-0.05, 0) is 25.6 Å². The van der Waals surface area contributed by atoms with Crippen molar-refractivity contribution in [2.24, 2.45) is 0 Å². The average Bonchev–Trinajstić information content (AvgIpc) is 3.10. The Hall–Kier alpha value is -2.82. The molecule has 11 heteroatoms. The molecule has 1 aromatic rings. The number of hydrogen-bond donors (Lipinski definition) is 1. The molecule has 0 aliphatic carbocycles. The lowest BCUT2D eigenvalue weighted by molar-refractivity contribution is -0.192. The van der Waals surface area contributed by atoms with E-state index in [4.69, 9.17) is 9.90 Å². The molecular weight excluding hydrogens is 405 g/mol. The van der Waals surface area contributed by atoms with Gasteiger partial charge < -0.3 is 19.8 Å². The lowest BCUT2D eigenvalue weighted by Gasteiger charge is -2.46. The number of anilines is 1. The number of nitrogens with zero attached hydrogens (tertiary/aromatic N) is 4.